The van der Waals surface area contributed by atoms with Crippen LogP contribution < -0.4 is 0 Å². The first-order valence-corrected chi connectivity index (χ1v) is 9.68. The molecule has 4 heteroatoms. The molecule has 0 aromatic carbocycles. The summed E-state index contributed by atoms with van der Waals surface area (Å²) >= 11 is -3.62. The van der Waals surface area contributed by atoms with Crippen LogP contribution in [-0.4, -0.2) is 13.2 Å². The van der Waals surface area contributed by atoms with Crippen LogP contribution in [0.15, 0.2) is 0 Å². The summed E-state index contributed by atoms with van der Waals surface area (Å²) in [6, 6.07) is 0. The number of hydrogen-bond donors (Lipinski definition) is 0. The first-order chi connectivity index (χ1) is 7.68. The molecule has 0 aromatic heterocycles. The number of rotatable bonds is 11. The molecule has 0 aliphatic rings. The number of hydrogen-bond acceptors (Lipinski definition) is 3. The van der Waals surface area contributed by atoms with Gasteiger partial charge in [0.05, 0.1) is 0 Å². The maximum absolute atomic E-state index is 12.4. The second-order valence-corrected chi connectivity index (χ2v) is 8.01. The summed E-state index contributed by atoms with van der Waals surface area (Å²) in [5.41, 5.74) is 0. The second kappa shape index (κ2) is 10.6. The van der Waals surface area contributed by atoms with Gasteiger partial charge in [0.1, 0.15) is 0 Å². The Morgan fingerprint density at radius 1 is 0.812 bits per heavy atom. The molecule has 0 heterocycles. The summed E-state index contributed by atoms with van der Waals surface area (Å²) < 4.78 is 24.1. The van der Waals surface area contributed by atoms with Gasteiger partial charge >= 0.3 is 105 Å². The molecule has 0 saturated carbocycles. The maximum atomic E-state index is 12.4. The molecular formula is C12H27O3Ti. The monoisotopic (exact) mass is 267 g/mol. The van der Waals surface area contributed by atoms with Gasteiger partial charge in [0.25, 0.3) is 0 Å². The van der Waals surface area contributed by atoms with E-state index in [4.69, 9.17) is 6.64 Å². The second-order valence-electron chi connectivity index (χ2n) is 4.19. The van der Waals surface area contributed by atoms with Crippen LogP contribution in [0.3, 0.4) is 0 Å². The van der Waals surface area contributed by atoms with Crippen LogP contribution in [0, 0.1) is 0 Å². The summed E-state index contributed by atoms with van der Waals surface area (Å²) in [7, 11) is 0. The molecule has 0 aromatic rings. The minimum absolute atomic E-state index is 0.593. The minimum atomic E-state index is -3.62. The molecule has 0 spiro atoms. The predicted molar refractivity (Wildman–Crippen MR) is 62.1 cm³/mol. The van der Waals surface area contributed by atoms with Crippen molar-refractivity contribution >= 4 is 0 Å². The van der Waals surface area contributed by atoms with Gasteiger partial charge in [-0.3, -0.25) is 0 Å². The summed E-state index contributed by atoms with van der Waals surface area (Å²) in [4.78, 5) is 0. The van der Waals surface area contributed by atoms with Gasteiger partial charge in [-0.05, 0) is 0 Å². The molecule has 0 unspecified atom stereocenters. The quantitative estimate of drug-likeness (QED) is 0.416. The van der Waals surface area contributed by atoms with Gasteiger partial charge < -0.3 is 0 Å². The van der Waals surface area contributed by atoms with E-state index in [1.54, 1.807) is 0 Å². The van der Waals surface area contributed by atoms with E-state index in [0.29, 0.717) is 17.9 Å². The third kappa shape index (κ3) is 8.57. The summed E-state index contributed by atoms with van der Waals surface area (Å²) in [5.74, 6) is 0. The molecule has 97 valence electrons. The predicted octanol–water partition coefficient (Wildman–Crippen LogP) is 4.17. The van der Waals surface area contributed by atoms with Gasteiger partial charge in [0.15, 0.2) is 0 Å². The Morgan fingerprint density at radius 3 is 1.62 bits per heavy atom. The van der Waals surface area contributed by atoms with E-state index in [9.17, 15) is 3.32 Å². The van der Waals surface area contributed by atoms with Crippen molar-refractivity contribution in [1.82, 2.24) is 0 Å². The first kappa shape index (κ1) is 16.4. The average molecular weight is 267 g/mol. The molecular weight excluding hydrogens is 240 g/mol. The molecule has 0 radical (unpaired) electrons. The van der Waals surface area contributed by atoms with Gasteiger partial charge in [-0.2, -0.15) is 0 Å². The zero-order valence-electron chi connectivity index (χ0n) is 11.1. The fraction of sp³-hybridized carbons (Fsp3) is 1.00. The van der Waals surface area contributed by atoms with Crippen molar-refractivity contribution in [1.29, 1.82) is 0 Å². The first-order valence-electron chi connectivity index (χ1n) is 6.66. The standard InChI is InChI=1S/2C4H9O.C4H9.O.Ti/c2*1-2-3-4-5;1-3-4-2;;/h2*2-4H2,1H3;1,3-4H2,2H3;;/q2*-1;;;+2. The van der Waals surface area contributed by atoms with Crippen molar-refractivity contribution in [3.8, 4) is 0 Å². The van der Waals surface area contributed by atoms with Crippen molar-refractivity contribution in [3.05, 3.63) is 0 Å². The van der Waals surface area contributed by atoms with Crippen molar-refractivity contribution in [2.45, 2.75) is 64.0 Å². The molecule has 0 fully saturated rings. The molecule has 0 aliphatic carbocycles. The summed E-state index contributed by atoms with van der Waals surface area (Å²) in [5, 5.41) is 0. The zero-order valence-corrected chi connectivity index (χ0v) is 12.7. The van der Waals surface area contributed by atoms with Crippen LogP contribution in [0.4, 0.5) is 0 Å². The SMILES string of the molecule is CCCC[O][Ti](=[O])([CH2]CCC)[O]CCCC. The summed E-state index contributed by atoms with van der Waals surface area (Å²) in [6.07, 6.45) is 6.07. The van der Waals surface area contributed by atoms with Crippen LogP contribution in [-0.2, 0) is 27.3 Å². The normalized spacial score (nSPS) is 11.9. The fourth-order valence-corrected chi connectivity index (χ4v) is 4.55. The van der Waals surface area contributed by atoms with Gasteiger partial charge in [0, 0.05) is 0 Å². The molecule has 0 aliphatic heterocycles. The van der Waals surface area contributed by atoms with Crippen LogP contribution in [0.1, 0.15) is 59.3 Å². The molecule has 0 amide bonds. The van der Waals surface area contributed by atoms with E-state index in [2.05, 4.69) is 20.8 Å². The van der Waals surface area contributed by atoms with E-state index in [1.807, 2.05) is 0 Å². The van der Waals surface area contributed by atoms with Crippen LogP contribution in [0.5, 0.6) is 0 Å². The van der Waals surface area contributed by atoms with Crippen molar-refractivity contribution in [2.75, 3.05) is 13.2 Å². The van der Waals surface area contributed by atoms with E-state index in [-0.39, 0.29) is 0 Å². The Hall–Kier alpha value is 0.434. The molecule has 0 rings (SSSR count). The third-order valence-electron chi connectivity index (χ3n) is 2.48. The molecule has 0 saturated heterocycles. The summed E-state index contributed by atoms with van der Waals surface area (Å²) in [6.45, 7) is 7.49. The van der Waals surface area contributed by atoms with Crippen LogP contribution >= 0.6 is 0 Å². The average Bonchev–Trinajstić information content (AvgIpc) is 2.27. The topological polar surface area (TPSA) is 35.5 Å². The Morgan fingerprint density at radius 2 is 1.25 bits per heavy atom. The molecule has 0 atom stereocenters. The van der Waals surface area contributed by atoms with E-state index >= 15 is 0 Å². The van der Waals surface area contributed by atoms with Crippen LogP contribution in [0.25, 0.3) is 0 Å². The third-order valence-corrected chi connectivity index (χ3v) is 6.00. The van der Waals surface area contributed by atoms with Crippen molar-refractivity contribution in [3.63, 3.8) is 0 Å². The fourth-order valence-electron chi connectivity index (χ4n) is 1.32. The zero-order chi connectivity index (χ0) is 12.3. The van der Waals surface area contributed by atoms with Gasteiger partial charge in [-0.15, -0.1) is 0 Å². The Balaban J connectivity index is 3.97. The molecule has 3 nitrogen and oxygen atoms in total. The van der Waals surface area contributed by atoms with Crippen molar-refractivity contribution in [2.24, 2.45) is 0 Å². The number of unbranched alkanes of at least 4 members (excludes halogenated alkanes) is 3. The molecule has 16 heavy (non-hydrogen) atoms. The van der Waals surface area contributed by atoms with Crippen LogP contribution in [0.2, 0.25) is 4.73 Å². The Bertz CT molecular complexity index is 181. The molecule has 0 bridgehead atoms. The van der Waals surface area contributed by atoms with Gasteiger partial charge in [-0.1, -0.05) is 0 Å². The Labute approximate surface area is 105 Å². The van der Waals surface area contributed by atoms with E-state index in [0.717, 1.165) is 38.5 Å². The van der Waals surface area contributed by atoms with E-state index in [1.165, 1.54) is 0 Å². The molecule has 0 N–H and O–H groups in total. The van der Waals surface area contributed by atoms with E-state index < -0.39 is 17.3 Å². The van der Waals surface area contributed by atoms with Crippen molar-refractivity contribution < 1.29 is 27.3 Å². The Kier molecular flexibility index (Phi) is 10.9. The van der Waals surface area contributed by atoms with Gasteiger partial charge in [-0.25, -0.2) is 0 Å². The van der Waals surface area contributed by atoms with Gasteiger partial charge in [0.2, 0.25) is 0 Å².